The molecule has 0 aromatic carbocycles. The molecular weight excluding hydrogens is 234 g/mol. The fourth-order valence-electron chi connectivity index (χ4n) is 2.75. The molecule has 3 atom stereocenters. The summed E-state index contributed by atoms with van der Waals surface area (Å²) in [6.07, 6.45) is 2.60. The molecular formula is C13H22ClN3. The zero-order valence-electron chi connectivity index (χ0n) is 11.1. The van der Waals surface area contributed by atoms with Crippen LogP contribution in [0.5, 0.6) is 0 Å². The number of halogens is 1. The highest BCUT2D eigenvalue weighted by Gasteiger charge is 2.29. The molecule has 4 heteroatoms. The Kier molecular flexibility index (Phi) is 3.79. The van der Waals surface area contributed by atoms with Crippen molar-refractivity contribution in [1.82, 2.24) is 15.1 Å². The van der Waals surface area contributed by atoms with Crippen LogP contribution in [0.25, 0.3) is 0 Å². The lowest BCUT2D eigenvalue weighted by atomic mass is 9.98. The lowest BCUT2D eigenvalue weighted by molar-refractivity contribution is 0.366. The lowest BCUT2D eigenvalue weighted by Crippen LogP contribution is -2.32. The molecule has 1 aromatic heterocycles. The molecule has 1 heterocycles. The van der Waals surface area contributed by atoms with Crippen molar-refractivity contribution in [3.05, 3.63) is 16.4 Å². The molecule has 0 amide bonds. The van der Waals surface area contributed by atoms with Crippen molar-refractivity contribution < 1.29 is 0 Å². The van der Waals surface area contributed by atoms with Crippen LogP contribution in [0.2, 0.25) is 5.02 Å². The van der Waals surface area contributed by atoms with Crippen LogP contribution in [0.3, 0.4) is 0 Å². The van der Waals surface area contributed by atoms with Crippen LogP contribution >= 0.6 is 11.6 Å². The van der Waals surface area contributed by atoms with Gasteiger partial charge in [0.15, 0.2) is 0 Å². The van der Waals surface area contributed by atoms with Gasteiger partial charge in [-0.05, 0) is 31.6 Å². The highest BCUT2D eigenvalue weighted by atomic mass is 35.5. The van der Waals surface area contributed by atoms with Crippen molar-refractivity contribution in [2.45, 2.75) is 46.2 Å². The van der Waals surface area contributed by atoms with Crippen LogP contribution in [-0.4, -0.2) is 15.8 Å². The Hall–Kier alpha value is -0.540. The van der Waals surface area contributed by atoms with Gasteiger partial charge < -0.3 is 5.32 Å². The van der Waals surface area contributed by atoms with Gasteiger partial charge in [0.25, 0.3) is 0 Å². The molecule has 3 nitrogen and oxygen atoms in total. The van der Waals surface area contributed by atoms with Gasteiger partial charge in [0.1, 0.15) is 0 Å². The molecule has 0 saturated heterocycles. The molecule has 2 rings (SSSR count). The van der Waals surface area contributed by atoms with Gasteiger partial charge in [-0.1, -0.05) is 25.4 Å². The van der Waals surface area contributed by atoms with Crippen LogP contribution in [0.4, 0.5) is 0 Å². The van der Waals surface area contributed by atoms with Crippen LogP contribution < -0.4 is 5.32 Å². The lowest BCUT2D eigenvalue weighted by Gasteiger charge is -2.19. The summed E-state index contributed by atoms with van der Waals surface area (Å²) in [6.45, 7) is 7.45. The van der Waals surface area contributed by atoms with E-state index >= 15 is 0 Å². The highest BCUT2D eigenvalue weighted by molar-refractivity contribution is 6.31. The van der Waals surface area contributed by atoms with E-state index in [1.165, 1.54) is 12.8 Å². The molecule has 1 saturated carbocycles. The SMILES string of the molecule is Cc1nn(C)c(CNC2CCC(C)C2C)c1Cl. The van der Waals surface area contributed by atoms with E-state index in [2.05, 4.69) is 24.3 Å². The van der Waals surface area contributed by atoms with E-state index in [0.717, 1.165) is 34.8 Å². The molecule has 1 aliphatic carbocycles. The smallest absolute Gasteiger partial charge is 0.0860 e. The molecule has 17 heavy (non-hydrogen) atoms. The summed E-state index contributed by atoms with van der Waals surface area (Å²) in [5, 5.41) is 8.77. The number of rotatable bonds is 3. The molecule has 0 bridgehead atoms. The maximum Gasteiger partial charge on any atom is 0.0860 e. The summed E-state index contributed by atoms with van der Waals surface area (Å²) in [7, 11) is 1.95. The minimum Gasteiger partial charge on any atom is -0.308 e. The third-order valence-corrected chi connectivity index (χ3v) is 4.75. The van der Waals surface area contributed by atoms with Crippen LogP contribution in [0.15, 0.2) is 0 Å². The molecule has 96 valence electrons. The van der Waals surface area contributed by atoms with Gasteiger partial charge in [-0.2, -0.15) is 5.10 Å². The van der Waals surface area contributed by atoms with Gasteiger partial charge in [-0.15, -0.1) is 0 Å². The van der Waals surface area contributed by atoms with E-state index in [0.29, 0.717) is 6.04 Å². The van der Waals surface area contributed by atoms with Crippen molar-refractivity contribution in [1.29, 1.82) is 0 Å². The number of aryl methyl sites for hydroxylation is 2. The predicted octanol–water partition coefficient (Wildman–Crippen LogP) is 2.91. The van der Waals surface area contributed by atoms with E-state index in [4.69, 9.17) is 11.6 Å². The van der Waals surface area contributed by atoms with Crippen molar-refractivity contribution in [2.75, 3.05) is 0 Å². The molecule has 0 radical (unpaired) electrons. The van der Waals surface area contributed by atoms with E-state index in [1.807, 2.05) is 18.7 Å². The topological polar surface area (TPSA) is 29.9 Å². The Morgan fingerprint density at radius 3 is 2.59 bits per heavy atom. The first-order chi connectivity index (χ1) is 8.00. The largest absolute Gasteiger partial charge is 0.308 e. The van der Waals surface area contributed by atoms with E-state index < -0.39 is 0 Å². The second-order valence-electron chi connectivity index (χ2n) is 5.37. The summed E-state index contributed by atoms with van der Waals surface area (Å²) >= 11 is 6.24. The average molecular weight is 256 g/mol. The summed E-state index contributed by atoms with van der Waals surface area (Å²) in [4.78, 5) is 0. The molecule has 1 aromatic rings. The minimum atomic E-state index is 0.622. The van der Waals surface area contributed by atoms with Crippen molar-refractivity contribution in [3.8, 4) is 0 Å². The van der Waals surface area contributed by atoms with Gasteiger partial charge in [0, 0.05) is 19.6 Å². The summed E-state index contributed by atoms with van der Waals surface area (Å²) in [5.74, 6) is 1.58. The van der Waals surface area contributed by atoms with Crippen molar-refractivity contribution in [3.63, 3.8) is 0 Å². The fraction of sp³-hybridized carbons (Fsp3) is 0.769. The number of hydrogen-bond donors (Lipinski definition) is 1. The normalized spacial score (nSPS) is 28.9. The number of aromatic nitrogens is 2. The Labute approximate surface area is 109 Å². The van der Waals surface area contributed by atoms with Gasteiger partial charge >= 0.3 is 0 Å². The van der Waals surface area contributed by atoms with Crippen molar-refractivity contribution >= 4 is 11.6 Å². The van der Waals surface area contributed by atoms with Gasteiger partial charge in [-0.3, -0.25) is 4.68 Å². The predicted molar refractivity (Wildman–Crippen MR) is 71.1 cm³/mol. The number of nitrogens with one attached hydrogen (secondary N) is 1. The Balaban J connectivity index is 1.98. The zero-order chi connectivity index (χ0) is 12.6. The van der Waals surface area contributed by atoms with Crippen LogP contribution in [0, 0.1) is 18.8 Å². The molecule has 1 N–H and O–H groups in total. The average Bonchev–Trinajstić information content (AvgIpc) is 2.71. The second-order valence-corrected chi connectivity index (χ2v) is 5.75. The summed E-state index contributed by atoms with van der Waals surface area (Å²) < 4.78 is 1.88. The quantitative estimate of drug-likeness (QED) is 0.900. The number of hydrogen-bond acceptors (Lipinski definition) is 2. The Bertz CT molecular complexity index is 400. The summed E-state index contributed by atoms with van der Waals surface area (Å²) in [6, 6.07) is 0.622. The summed E-state index contributed by atoms with van der Waals surface area (Å²) in [5.41, 5.74) is 2.01. The first-order valence-electron chi connectivity index (χ1n) is 6.42. The van der Waals surface area contributed by atoms with Gasteiger partial charge in [-0.25, -0.2) is 0 Å². The van der Waals surface area contributed by atoms with E-state index in [1.54, 1.807) is 0 Å². The molecule has 3 unspecified atom stereocenters. The standard InChI is InChI=1S/C13H22ClN3/c1-8-5-6-11(9(8)2)15-7-12-13(14)10(3)16-17(12)4/h8-9,11,15H,5-7H2,1-4H3. The molecule has 0 aliphatic heterocycles. The third-order valence-electron chi connectivity index (χ3n) is 4.26. The van der Waals surface area contributed by atoms with E-state index in [9.17, 15) is 0 Å². The highest BCUT2D eigenvalue weighted by Crippen LogP contribution is 2.31. The maximum absolute atomic E-state index is 6.24. The van der Waals surface area contributed by atoms with Crippen molar-refractivity contribution in [2.24, 2.45) is 18.9 Å². The van der Waals surface area contributed by atoms with Crippen LogP contribution in [-0.2, 0) is 13.6 Å². The molecule has 1 aliphatic rings. The molecule has 1 fully saturated rings. The number of nitrogens with zero attached hydrogens (tertiary/aromatic N) is 2. The van der Waals surface area contributed by atoms with E-state index in [-0.39, 0.29) is 0 Å². The Morgan fingerprint density at radius 2 is 2.12 bits per heavy atom. The third kappa shape index (κ3) is 2.50. The maximum atomic E-state index is 6.24. The monoisotopic (exact) mass is 255 g/mol. The molecule has 0 spiro atoms. The zero-order valence-corrected chi connectivity index (χ0v) is 11.9. The van der Waals surface area contributed by atoms with Gasteiger partial charge in [0.05, 0.1) is 16.4 Å². The first-order valence-corrected chi connectivity index (χ1v) is 6.80. The van der Waals surface area contributed by atoms with Gasteiger partial charge in [0.2, 0.25) is 0 Å². The second kappa shape index (κ2) is 4.99. The fourth-order valence-corrected chi connectivity index (χ4v) is 2.98. The minimum absolute atomic E-state index is 0.622. The Morgan fingerprint density at radius 1 is 1.41 bits per heavy atom. The first kappa shape index (κ1) is 12.9. The van der Waals surface area contributed by atoms with Crippen LogP contribution in [0.1, 0.15) is 38.1 Å².